The number of carboxylic acids is 1. The number of aliphatic hydroxyl groups excluding tert-OH is 1. The second-order valence-electron chi connectivity index (χ2n) is 15.9. The van der Waals surface area contributed by atoms with Gasteiger partial charge in [-0.05, 0) is 48.1 Å². The third-order valence-electron chi connectivity index (χ3n) is 9.69. The molecule has 0 spiro atoms. The fourth-order valence-electron chi connectivity index (χ4n) is 6.69. The van der Waals surface area contributed by atoms with Crippen LogP contribution < -0.4 is 22.1 Å². The number of halogens is 5. The number of hydrogen-bond acceptors (Lipinski definition) is 10. The molecule has 4 rings (SSSR count). The minimum absolute atomic E-state index is 0.00997. The Morgan fingerprint density at radius 1 is 0.908 bits per heavy atom. The minimum atomic E-state index is -5.08. The Morgan fingerprint density at radius 2 is 1.52 bits per heavy atom. The summed E-state index contributed by atoms with van der Waals surface area (Å²) in [7, 11) is 0. The van der Waals surface area contributed by atoms with Crippen molar-refractivity contribution in [1.82, 2.24) is 25.0 Å². The van der Waals surface area contributed by atoms with Crippen LogP contribution in [0.15, 0.2) is 72.9 Å². The summed E-state index contributed by atoms with van der Waals surface area (Å²) >= 11 is 0. The summed E-state index contributed by atoms with van der Waals surface area (Å²) in [5, 5.41) is 22.5. The number of aliphatic hydroxyl groups is 1. The summed E-state index contributed by atoms with van der Waals surface area (Å²) in [5.41, 5.74) is 12.0. The number of amides is 6. The molecule has 0 saturated carbocycles. The highest BCUT2D eigenvalue weighted by atomic mass is 19.4. The van der Waals surface area contributed by atoms with Crippen LogP contribution in [-0.2, 0) is 44.9 Å². The molecule has 2 aromatic carbocycles. The smallest absolute Gasteiger partial charge is 0.475 e. The zero-order valence-electron chi connectivity index (χ0n) is 35.6. The molecule has 1 aliphatic heterocycles. The van der Waals surface area contributed by atoms with Gasteiger partial charge in [0.2, 0.25) is 23.6 Å². The van der Waals surface area contributed by atoms with E-state index in [4.69, 9.17) is 21.4 Å². The molecule has 0 saturated heterocycles. The van der Waals surface area contributed by atoms with Gasteiger partial charge in [-0.15, -0.1) is 0 Å². The van der Waals surface area contributed by atoms with Crippen molar-refractivity contribution in [1.29, 1.82) is 0 Å². The van der Waals surface area contributed by atoms with Gasteiger partial charge in [0, 0.05) is 61.2 Å². The number of rotatable bonds is 20. The molecule has 352 valence electrons. The van der Waals surface area contributed by atoms with Gasteiger partial charge in [-0.2, -0.15) is 13.2 Å². The number of hydrogen-bond donors (Lipinski definition) is 6. The number of carbonyl (C=O) groups is 8. The molecule has 0 fully saturated rings. The van der Waals surface area contributed by atoms with E-state index in [9.17, 15) is 56.2 Å². The average molecular weight is 920 g/mol. The third kappa shape index (κ3) is 15.7. The van der Waals surface area contributed by atoms with Gasteiger partial charge in [-0.25, -0.2) is 13.6 Å². The molecule has 2 heterocycles. The largest absolute Gasteiger partial charge is 0.490 e. The Kier molecular flexibility index (Phi) is 18.8. The zero-order chi connectivity index (χ0) is 48.8. The molecule has 0 unspecified atom stereocenters. The van der Waals surface area contributed by atoms with Gasteiger partial charge in [0.1, 0.15) is 24.3 Å². The number of carbonyl (C=O) groups excluding carboxylic acids is 7. The van der Waals surface area contributed by atoms with Crippen LogP contribution in [0.4, 0.5) is 22.0 Å². The summed E-state index contributed by atoms with van der Waals surface area (Å²) in [6.45, 7) is 4.17. The van der Waals surface area contributed by atoms with Gasteiger partial charge >= 0.3 is 12.1 Å². The van der Waals surface area contributed by atoms with E-state index in [0.717, 1.165) is 40.8 Å². The first-order chi connectivity index (χ1) is 30.3. The van der Waals surface area contributed by atoms with Gasteiger partial charge in [0.15, 0.2) is 5.78 Å². The summed E-state index contributed by atoms with van der Waals surface area (Å²) in [4.78, 5) is 99.0. The number of Topliss-reactive ketones (excluding diaryl/α,β-unsaturated/α-hetero) is 1. The molecule has 0 bridgehead atoms. The number of benzene rings is 2. The number of imide groups is 1. The molecular weight excluding hydrogens is 870 g/mol. The first-order valence-electron chi connectivity index (χ1n) is 19.9. The van der Waals surface area contributed by atoms with E-state index in [-0.39, 0.29) is 44.5 Å². The molecule has 65 heavy (non-hydrogen) atoms. The maximum absolute atomic E-state index is 15.2. The molecular formula is C43H50F5N7O10. The van der Waals surface area contributed by atoms with Crippen molar-refractivity contribution in [2.24, 2.45) is 16.9 Å². The van der Waals surface area contributed by atoms with Gasteiger partial charge < -0.3 is 41.8 Å². The van der Waals surface area contributed by atoms with Crippen molar-refractivity contribution in [2.75, 3.05) is 26.2 Å². The predicted octanol–water partition coefficient (Wildman–Crippen LogP) is 2.49. The van der Waals surface area contributed by atoms with Gasteiger partial charge in [-0.1, -0.05) is 51.1 Å². The molecule has 1 aliphatic rings. The van der Waals surface area contributed by atoms with E-state index in [1.54, 1.807) is 12.3 Å². The normalized spacial score (nSPS) is 13.9. The van der Waals surface area contributed by atoms with Crippen LogP contribution in [0.2, 0.25) is 0 Å². The number of carboxylic acid groups (broad SMARTS) is 1. The number of nitrogens with one attached hydrogen (secondary N) is 2. The van der Waals surface area contributed by atoms with Gasteiger partial charge in [0.25, 0.3) is 11.8 Å². The number of primary amides is 1. The first kappa shape index (κ1) is 52.5. The lowest BCUT2D eigenvalue weighted by atomic mass is 9.82. The van der Waals surface area contributed by atoms with Crippen molar-refractivity contribution in [3.05, 3.63) is 95.8 Å². The molecule has 1 aromatic heterocycles. The summed E-state index contributed by atoms with van der Waals surface area (Å²) in [6, 6.07) is 10.4. The van der Waals surface area contributed by atoms with Crippen LogP contribution in [0.3, 0.4) is 0 Å². The van der Waals surface area contributed by atoms with Crippen LogP contribution in [-0.4, -0.2) is 116 Å². The van der Waals surface area contributed by atoms with Crippen LogP contribution in [0, 0.1) is 17.0 Å². The molecule has 22 heteroatoms. The summed E-state index contributed by atoms with van der Waals surface area (Å²) < 4.78 is 63.1. The Balaban J connectivity index is 0.00000148. The SMILES string of the molecule is CC(C)(C)[C@H](c1cc(-c2cc(F)ccc2F)cn1Cc1ccccc1)N(CC[C@H](NC(=O)[C@@H](N)CC(N)=O)C(=O)NCCCC(=O)CN1C(=O)C=CC1=O)C(=O)CO.O=C(O)C(F)(F)F. The summed E-state index contributed by atoms with van der Waals surface area (Å²) in [5.74, 6) is -8.90. The topological polar surface area (TPSA) is 265 Å². The highest BCUT2D eigenvalue weighted by Gasteiger charge is 2.39. The number of aliphatic carboxylic acids is 1. The number of alkyl halides is 3. The fourth-order valence-corrected chi connectivity index (χ4v) is 6.69. The van der Waals surface area contributed by atoms with Crippen molar-refractivity contribution in [3.8, 4) is 11.1 Å². The number of nitrogens with two attached hydrogens (primary N) is 2. The average Bonchev–Trinajstić information content (AvgIpc) is 3.77. The molecule has 3 atom stereocenters. The van der Waals surface area contributed by atoms with Crippen molar-refractivity contribution in [3.63, 3.8) is 0 Å². The van der Waals surface area contributed by atoms with E-state index in [2.05, 4.69) is 10.6 Å². The Bertz CT molecular complexity index is 2240. The lowest BCUT2D eigenvalue weighted by Crippen LogP contribution is -2.54. The van der Waals surface area contributed by atoms with Crippen LogP contribution in [0.25, 0.3) is 11.1 Å². The maximum atomic E-state index is 15.2. The first-order valence-corrected chi connectivity index (χ1v) is 19.9. The van der Waals surface area contributed by atoms with E-state index in [0.29, 0.717) is 11.3 Å². The van der Waals surface area contributed by atoms with Crippen LogP contribution in [0.1, 0.15) is 63.8 Å². The van der Waals surface area contributed by atoms with E-state index >= 15 is 4.39 Å². The zero-order valence-corrected chi connectivity index (χ0v) is 35.6. The Hall–Kier alpha value is -6.81. The van der Waals surface area contributed by atoms with Gasteiger partial charge in [0.05, 0.1) is 25.0 Å². The summed E-state index contributed by atoms with van der Waals surface area (Å²) in [6.07, 6.45) is -2.03. The lowest BCUT2D eigenvalue weighted by Gasteiger charge is -2.41. The Morgan fingerprint density at radius 3 is 2.08 bits per heavy atom. The van der Waals surface area contributed by atoms with E-state index in [1.165, 1.54) is 4.90 Å². The number of ketones is 1. The molecule has 0 radical (unpaired) electrons. The standard InChI is InChI=1S/C41H49F2N7O8.C2HF3O2/c1-41(2,3)38(33-18-26(29-19-27(42)11-12-30(29)43)22-48(33)21-25-8-5-4-6-9-25)49(37(56)24-51)17-15-32(47-39(57)31(44)20-34(45)53)40(58)46-16-7-10-28(52)23-50-35(54)13-14-36(50)55;3-2(4,5)1(6)7/h4-6,8-9,11-14,18-19,22,31-32,38,51H,7,10,15-17,20-21,23-24,44H2,1-3H3,(H2,45,53)(H,46,58)(H,47,57);(H,6,7)/t31-,32-,38-;/m0./s1. The molecule has 17 nitrogen and oxygen atoms in total. The van der Waals surface area contributed by atoms with Gasteiger partial charge in [-0.3, -0.25) is 38.5 Å². The van der Waals surface area contributed by atoms with Crippen molar-refractivity contribution >= 4 is 47.2 Å². The number of nitrogens with zero attached hydrogens (tertiary/aromatic N) is 3. The monoisotopic (exact) mass is 919 g/mol. The molecule has 3 aromatic rings. The van der Waals surface area contributed by atoms with Crippen molar-refractivity contribution in [2.45, 2.75) is 77.3 Å². The maximum Gasteiger partial charge on any atom is 0.490 e. The lowest BCUT2D eigenvalue weighted by molar-refractivity contribution is -0.192. The highest BCUT2D eigenvalue weighted by molar-refractivity contribution is 6.14. The Labute approximate surface area is 369 Å². The second-order valence-corrected chi connectivity index (χ2v) is 15.9. The van der Waals surface area contributed by atoms with Crippen molar-refractivity contribution < 1.29 is 70.5 Å². The van der Waals surface area contributed by atoms with E-state index < -0.39 is 108 Å². The van der Waals surface area contributed by atoms with E-state index in [1.807, 2.05) is 55.7 Å². The second kappa shape index (κ2) is 23.2. The molecule has 8 N–H and O–H groups in total. The highest BCUT2D eigenvalue weighted by Crippen LogP contribution is 2.41. The third-order valence-corrected chi connectivity index (χ3v) is 9.69. The molecule has 0 aliphatic carbocycles. The molecule has 6 amide bonds. The van der Waals surface area contributed by atoms with Crippen LogP contribution >= 0.6 is 0 Å². The number of aromatic nitrogens is 1. The minimum Gasteiger partial charge on any atom is -0.475 e. The van der Waals surface area contributed by atoms with Crippen LogP contribution in [0.5, 0.6) is 0 Å². The quantitative estimate of drug-likeness (QED) is 0.0545. The fraction of sp³-hybridized carbons (Fsp3) is 0.395. The predicted molar refractivity (Wildman–Crippen MR) is 221 cm³/mol.